The van der Waals surface area contributed by atoms with Crippen LogP contribution in [0.15, 0.2) is 18.2 Å². The predicted molar refractivity (Wildman–Crippen MR) is 104 cm³/mol. The van der Waals surface area contributed by atoms with Crippen LogP contribution in [0.4, 0.5) is 10.5 Å². The molecule has 0 unspecified atom stereocenters. The molecule has 1 amide bonds. The summed E-state index contributed by atoms with van der Waals surface area (Å²) in [6.45, 7) is 6.00. The Labute approximate surface area is 157 Å². The van der Waals surface area contributed by atoms with Crippen LogP contribution < -0.4 is 4.31 Å². The number of amides is 1. The van der Waals surface area contributed by atoms with Gasteiger partial charge in [0.25, 0.3) is 0 Å². The van der Waals surface area contributed by atoms with Crippen LogP contribution in [-0.4, -0.2) is 26.2 Å². The first kappa shape index (κ1) is 22.4. The second-order valence-electron chi connectivity index (χ2n) is 6.31. The number of aryl methyl sites for hydroxylation is 2. The first-order chi connectivity index (χ1) is 12.4. The van der Waals surface area contributed by atoms with Crippen LogP contribution >= 0.6 is 0 Å². The number of carboxylic acid groups (broad SMARTS) is 1. The maximum absolute atomic E-state index is 12.6. The molecule has 0 fully saturated rings. The largest absolute Gasteiger partial charge is 0.464 e. The Morgan fingerprint density at radius 2 is 1.58 bits per heavy atom. The molecule has 1 rings (SSSR count). The number of hydrogen-bond donors (Lipinski definition) is 1. The Bertz CT molecular complexity index is 648. The van der Waals surface area contributed by atoms with Crippen molar-refractivity contribution in [1.29, 1.82) is 0 Å². The van der Waals surface area contributed by atoms with Gasteiger partial charge in [-0.2, -0.15) is 8.42 Å². The molecular weight excluding hydrogens is 354 g/mol. The fraction of sp³-hybridized carbons (Fsp3) is 0.632. The van der Waals surface area contributed by atoms with E-state index in [-0.39, 0.29) is 12.3 Å². The van der Waals surface area contributed by atoms with Crippen LogP contribution in [0.3, 0.4) is 0 Å². The van der Waals surface area contributed by atoms with Crippen molar-refractivity contribution in [3.05, 3.63) is 29.3 Å². The molecule has 0 saturated carbocycles. The van der Waals surface area contributed by atoms with E-state index in [0.717, 1.165) is 32.1 Å². The minimum absolute atomic E-state index is 0.00876. The molecule has 6 nitrogen and oxygen atoms in total. The van der Waals surface area contributed by atoms with Crippen LogP contribution in [0.5, 0.6) is 0 Å². The molecule has 0 heterocycles. The summed E-state index contributed by atoms with van der Waals surface area (Å²) in [6, 6.07) is 5.41. The molecular formula is C19H31NO5S. The summed E-state index contributed by atoms with van der Waals surface area (Å²) in [7, 11) is -4.41. The smallest absolute Gasteiger partial charge is 0.427 e. The first-order valence-electron chi connectivity index (χ1n) is 9.42. The maximum Gasteiger partial charge on any atom is 0.427 e. The molecule has 1 aromatic rings. The van der Waals surface area contributed by atoms with E-state index in [1.54, 1.807) is 12.1 Å². The van der Waals surface area contributed by atoms with E-state index in [0.29, 0.717) is 34.7 Å². The number of anilines is 1. The number of para-hydroxylation sites is 1. The zero-order valence-corrected chi connectivity index (χ0v) is 16.8. The van der Waals surface area contributed by atoms with Gasteiger partial charge in [-0.1, -0.05) is 71.1 Å². The summed E-state index contributed by atoms with van der Waals surface area (Å²) in [4.78, 5) is 11.9. The van der Waals surface area contributed by atoms with E-state index < -0.39 is 16.4 Å². The van der Waals surface area contributed by atoms with Crippen LogP contribution in [-0.2, 0) is 27.3 Å². The number of carbonyl (C=O) groups is 1. The molecule has 0 aliphatic carbocycles. The molecule has 0 spiro atoms. The van der Waals surface area contributed by atoms with Gasteiger partial charge in [0, 0.05) is 0 Å². The number of nitrogens with zero attached hydrogens (tertiary/aromatic N) is 1. The third-order valence-corrected chi connectivity index (χ3v) is 5.32. The summed E-state index contributed by atoms with van der Waals surface area (Å²) >= 11 is 0. The van der Waals surface area contributed by atoms with Crippen LogP contribution in [0.2, 0.25) is 0 Å². The van der Waals surface area contributed by atoms with Gasteiger partial charge in [0.2, 0.25) is 0 Å². The van der Waals surface area contributed by atoms with E-state index >= 15 is 0 Å². The lowest BCUT2D eigenvalue weighted by Crippen LogP contribution is -2.38. The minimum Gasteiger partial charge on any atom is -0.464 e. The van der Waals surface area contributed by atoms with Gasteiger partial charge in [0.05, 0.1) is 12.3 Å². The van der Waals surface area contributed by atoms with Gasteiger partial charge in [-0.3, -0.25) is 4.18 Å². The quantitative estimate of drug-likeness (QED) is 0.516. The van der Waals surface area contributed by atoms with Crippen LogP contribution in [0.25, 0.3) is 0 Å². The third kappa shape index (κ3) is 6.29. The summed E-state index contributed by atoms with van der Waals surface area (Å²) in [5.74, 6) is 0. The third-order valence-electron chi connectivity index (χ3n) is 4.07. The van der Waals surface area contributed by atoms with Gasteiger partial charge in [0.1, 0.15) is 0 Å². The van der Waals surface area contributed by atoms with Crippen molar-refractivity contribution in [3.63, 3.8) is 0 Å². The van der Waals surface area contributed by atoms with Gasteiger partial charge in [-0.15, -0.1) is 4.31 Å². The highest BCUT2D eigenvalue weighted by molar-refractivity contribution is 7.89. The number of unbranched alkanes of at least 4 members (excludes halogenated alkanes) is 3. The lowest BCUT2D eigenvalue weighted by Gasteiger charge is -2.24. The summed E-state index contributed by atoms with van der Waals surface area (Å²) in [5.41, 5.74) is 1.65. The van der Waals surface area contributed by atoms with Gasteiger partial charge in [0.15, 0.2) is 0 Å². The zero-order chi connectivity index (χ0) is 19.6. The molecule has 0 aliphatic rings. The average molecular weight is 386 g/mol. The summed E-state index contributed by atoms with van der Waals surface area (Å²) in [5, 5.41) is 9.66. The molecule has 0 radical (unpaired) electrons. The number of hydrogen-bond acceptors (Lipinski definition) is 4. The molecule has 26 heavy (non-hydrogen) atoms. The second kappa shape index (κ2) is 11.2. The normalized spacial score (nSPS) is 11.5. The van der Waals surface area contributed by atoms with E-state index in [4.69, 9.17) is 4.18 Å². The van der Waals surface area contributed by atoms with E-state index in [1.807, 2.05) is 19.9 Å². The molecule has 0 saturated heterocycles. The Morgan fingerprint density at radius 3 is 2.04 bits per heavy atom. The van der Waals surface area contributed by atoms with Crippen molar-refractivity contribution in [2.24, 2.45) is 0 Å². The standard InChI is InChI=1S/C19H31NO5S/c1-4-7-8-9-15-25-26(23,24)20(19(21)22)18-16(11-5-2)13-10-14-17(18)12-6-3/h10,13-14H,4-9,11-12,15H2,1-3H3,(H,21,22). The van der Waals surface area contributed by atoms with Crippen molar-refractivity contribution < 1.29 is 22.5 Å². The molecule has 1 aromatic carbocycles. The molecule has 148 valence electrons. The number of benzene rings is 1. The molecule has 0 aromatic heterocycles. The van der Waals surface area contributed by atoms with Crippen LogP contribution in [0, 0.1) is 0 Å². The summed E-state index contributed by atoms with van der Waals surface area (Å²) in [6.07, 6.45) is 4.68. The first-order valence-corrected chi connectivity index (χ1v) is 10.8. The van der Waals surface area contributed by atoms with E-state index in [2.05, 4.69) is 6.92 Å². The highest BCUT2D eigenvalue weighted by Gasteiger charge is 2.33. The molecule has 1 N–H and O–H groups in total. The zero-order valence-electron chi connectivity index (χ0n) is 16.0. The van der Waals surface area contributed by atoms with Crippen molar-refractivity contribution in [1.82, 2.24) is 0 Å². The fourth-order valence-corrected chi connectivity index (χ4v) is 3.98. The number of rotatable bonds is 12. The van der Waals surface area contributed by atoms with Crippen molar-refractivity contribution in [2.75, 3.05) is 10.9 Å². The molecule has 0 bridgehead atoms. The molecule has 0 aliphatic heterocycles. The fourth-order valence-electron chi connectivity index (χ4n) is 2.90. The van der Waals surface area contributed by atoms with Crippen LogP contribution in [0.1, 0.15) is 70.4 Å². The highest BCUT2D eigenvalue weighted by Crippen LogP contribution is 2.31. The maximum atomic E-state index is 12.6. The predicted octanol–water partition coefficient (Wildman–Crippen LogP) is 4.92. The van der Waals surface area contributed by atoms with Crippen molar-refractivity contribution in [3.8, 4) is 0 Å². The van der Waals surface area contributed by atoms with Gasteiger partial charge < -0.3 is 5.11 Å². The highest BCUT2D eigenvalue weighted by atomic mass is 32.2. The van der Waals surface area contributed by atoms with Crippen molar-refractivity contribution in [2.45, 2.75) is 72.1 Å². The van der Waals surface area contributed by atoms with Gasteiger partial charge in [-0.05, 0) is 30.4 Å². The minimum atomic E-state index is -4.41. The van der Waals surface area contributed by atoms with Crippen molar-refractivity contribution >= 4 is 22.1 Å². The monoisotopic (exact) mass is 385 g/mol. The SMILES string of the molecule is CCCCCCOS(=O)(=O)N(C(=O)O)c1c(CCC)cccc1CCC. The lowest BCUT2D eigenvalue weighted by molar-refractivity contribution is 0.204. The topological polar surface area (TPSA) is 83.9 Å². The molecule has 7 heteroatoms. The average Bonchev–Trinajstić information content (AvgIpc) is 2.57. The van der Waals surface area contributed by atoms with Gasteiger partial charge in [-0.25, -0.2) is 4.79 Å². The van der Waals surface area contributed by atoms with Gasteiger partial charge >= 0.3 is 16.4 Å². The Kier molecular flexibility index (Phi) is 9.65. The van der Waals surface area contributed by atoms with E-state index in [9.17, 15) is 18.3 Å². The lowest BCUT2D eigenvalue weighted by atomic mass is 10.0. The Hall–Kier alpha value is -1.60. The Morgan fingerprint density at radius 1 is 1.00 bits per heavy atom. The second-order valence-corrected chi connectivity index (χ2v) is 7.77. The van der Waals surface area contributed by atoms with E-state index in [1.165, 1.54) is 0 Å². The Balaban J connectivity index is 3.21. The summed E-state index contributed by atoms with van der Waals surface area (Å²) < 4.78 is 30.7. The molecule has 0 atom stereocenters.